The van der Waals surface area contributed by atoms with Crippen molar-refractivity contribution in [2.75, 3.05) is 33.4 Å². The van der Waals surface area contributed by atoms with Crippen LogP contribution in [0.4, 0.5) is 0 Å². The van der Waals surface area contributed by atoms with Crippen LogP contribution in [0.25, 0.3) is 0 Å². The summed E-state index contributed by atoms with van der Waals surface area (Å²) in [6.45, 7) is 5.96. The van der Waals surface area contributed by atoms with Gasteiger partial charge in [-0.05, 0) is 43.5 Å². The third kappa shape index (κ3) is 3.95. The first-order valence-corrected chi connectivity index (χ1v) is 7.19. The Morgan fingerprint density at radius 3 is 3.00 bits per heavy atom. The van der Waals surface area contributed by atoms with Gasteiger partial charge < -0.3 is 14.8 Å². The van der Waals surface area contributed by atoms with Crippen LogP contribution < -0.4 is 10.1 Å². The van der Waals surface area contributed by atoms with Gasteiger partial charge in [-0.3, -0.25) is 0 Å². The Balaban J connectivity index is 2.09. The number of nitrogens with one attached hydrogen (secondary N) is 1. The minimum absolute atomic E-state index is 0.237. The van der Waals surface area contributed by atoms with Crippen molar-refractivity contribution in [2.24, 2.45) is 5.41 Å². The normalized spacial score (nSPS) is 23.3. The van der Waals surface area contributed by atoms with E-state index in [0.29, 0.717) is 0 Å². The zero-order chi connectivity index (χ0) is 13.6. The number of benzene rings is 1. The third-order valence-corrected chi connectivity index (χ3v) is 3.87. The van der Waals surface area contributed by atoms with Crippen molar-refractivity contribution in [1.29, 1.82) is 0 Å². The maximum absolute atomic E-state index is 5.74. The summed E-state index contributed by atoms with van der Waals surface area (Å²) in [7, 11) is 1.72. The molecule has 2 rings (SSSR count). The quantitative estimate of drug-likeness (QED) is 0.856. The molecule has 1 saturated heterocycles. The zero-order valence-corrected chi connectivity index (χ0v) is 12.1. The van der Waals surface area contributed by atoms with Crippen LogP contribution in [0, 0.1) is 5.41 Å². The summed E-state index contributed by atoms with van der Waals surface area (Å²) in [5.74, 6) is 0.938. The Labute approximate surface area is 116 Å². The van der Waals surface area contributed by atoms with Gasteiger partial charge in [0.15, 0.2) is 0 Å². The molecule has 1 aliphatic rings. The molecule has 1 fully saturated rings. The summed E-state index contributed by atoms with van der Waals surface area (Å²) in [6.07, 6.45) is 3.45. The maximum Gasteiger partial charge on any atom is 0.119 e. The summed E-state index contributed by atoms with van der Waals surface area (Å²) in [6, 6.07) is 8.39. The first-order chi connectivity index (χ1) is 9.28. The van der Waals surface area contributed by atoms with Crippen LogP contribution in [0.2, 0.25) is 0 Å². The van der Waals surface area contributed by atoms with Crippen molar-refractivity contribution >= 4 is 0 Å². The van der Waals surface area contributed by atoms with E-state index in [2.05, 4.69) is 30.4 Å². The SMILES string of the molecule is CCNCC1(Cc2cccc(OC)c2)CCCOC1. The van der Waals surface area contributed by atoms with E-state index in [1.807, 2.05) is 6.07 Å². The minimum Gasteiger partial charge on any atom is -0.497 e. The van der Waals surface area contributed by atoms with Crippen molar-refractivity contribution in [3.63, 3.8) is 0 Å². The van der Waals surface area contributed by atoms with E-state index in [-0.39, 0.29) is 5.41 Å². The average Bonchev–Trinajstić information content (AvgIpc) is 2.46. The maximum atomic E-state index is 5.74. The molecule has 0 radical (unpaired) electrons. The van der Waals surface area contributed by atoms with Crippen LogP contribution in [0.1, 0.15) is 25.3 Å². The lowest BCUT2D eigenvalue weighted by Gasteiger charge is -2.37. The summed E-state index contributed by atoms with van der Waals surface area (Å²) < 4.78 is 11.1. The number of rotatable bonds is 6. The molecule has 0 aromatic heterocycles. The van der Waals surface area contributed by atoms with Gasteiger partial charge in [0.05, 0.1) is 13.7 Å². The lowest BCUT2D eigenvalue weighted by Crippen LogP contribution is -2.42. The van der Waals surface area contributed by atoms with Crippen LogP contribution in [-0.4, -0.2) is 33.4 Å². The summed E-state index contributed by atoms with van der Waals surface area (Å²) in [5.41, 5.74) is 1.57. The van der Waals surface area contributed by atoms with Gasteiger partial charge in [-0.2, -0.15) is 0 Å². The molecule has 0 saturated carbocycles. The number of hydrogen-bond acceptors (Lipinski definition) is 3. The molecule has 3 nitrogen and oxygen atoms in total. The number of ether oxygens (including phenoxy) is 2. The average molecular weight is 263 g/mol. The van der Waals surface area contributed by atoms with Crippen molar-refractivity contribution in [3.8, 4) is 5.75 Å². The molecule has 1 aliphatic heterocycles. The van der Waals surface area contributed by atoms with Crippen molar-refractivity contribution in [1.82, 2.24) is 5.32 Å². The number of methoxy groups -OCH3 is 1. The molecule has 1 N–H and O–H groups in total. The molecule has 0 amide bonds. The van der Waals surface area contributed by atoms with Gasteiger partial charge in [0.2, 0.25) is 0 Å². The predicted octanol–water partition coefficient (Wildman–Crippen LogP) is 2.64. The lowest BCUT2D eigenvalue weighted by atomic mass is 9.77. The first-order valence-electron chi connectivity index (χ1n) is 7.19. The van der Waals surface area contributed by atoms with Gasteiger partial charge in [-0.25, -0.2) is 0 Å². The van der Waals surface area contributed by atoms with Gasteiger partial charge in [0, 0.05) is 18.6 Å². The van der Waals surface area contributed by atoms with Crippen LogP contribution in [0.5, 0.6) is 5.75 Å². The fourth-order valence-electron chi connectivity index (χ4n) is 2.86. The van der Waals surface area contributed by atoms with Crippen molar-refractivity contribution < 1.29 is 9.47 Å². The zero-order valence-electron chi connectivity index (χ0n) is 12.1. The second kappa shape index (κ2) is 6.92. The van der Waals surface area contributed by atoms with Crippen LogP contribution in [-0.2, 0) is 11.2 Å². The molecule has 1 atom stereocenters. The van der Waals surface area contributed by atoms with Gasteiger partial charge in [-0.1, -0.05) is 19.1 Å². The van der Waals surface area contributed by atoms with Crippen LogP contribution >= 0.6 is 0 Å². The molecule has 0 bridgehead atoms. The monoisotopic (exact) mass is 263 g/mol. The largest absolute Gasteiger partial charge is 0.497 e. The highest BCUT2D eigenvalue weighted by atomic mass is 16.5. The predicted molar refractivity (Wildman–Crippen MR) is 77.7 cm³/mol. The van der Waals surface area contributed by atoms with E-state index in [4.69, 9.17) is 9.47 Å². The molecular weight excluding hydrogens is 238 g/mol. The number of hydrogen-bond donors (Lipinski definition) is 1. The topological polar surface area (TPSA) is 30.5 Å². The fraction of sp³-hybridized carbons (Fsp3) is 0.625. The van der Waals surface area contributed by atoms with E-state index >= 15 is 0 Å². The highest BCUT2D eigenvalue weighted by molar-refractivity contribution is 5.29. The third-order valence-electron chi connectivity index (χ3n) is 3.87. The molecule has 1 unspecified atom stereocenters. The van der Waals surface area contributed by atoms with Crippen molar-refractivity contribution in [3.05, 3.63) is 29.8 Å². The Morgan fingerprint density at radius 1 is 1.42 bits per heavy atom. The van der Waals surface area contributed by atoms with E-state index in [0.717, 1.165) is 44.9 Å². The second-order valence-corrected chi connectivity index (χ2v) is 5.46. The molecule has 1 aromatic carbocycles. The van der Waals surface area contributed by atoms with Gasteiger partial charge in [0.1, 0.15) is 5.75 Å². The Bertz CT molecular complexity index is 386. The molecule has 3 heteroatoms. The van der Waals surface area contributed by atoms with Crippen molar-refractivity contribution in [2.45, 2.75) is 26.2 Å². The molecule has 1 heterocycles. The van der Waals surface area contributed by atoms with Crippen LogP contribution in [0.15, 0.2) is 24.3 Å². The fourth-order valence-corrected chi connectivity index (χ4v) is 2.86. The Hall–Kier alpha value is -1.06. The highest BCUT2D eigenvalue weighted by Gasteiger charge is 2.32. The molecule has 0 aliphatic carbocycles. The van der Waals surface area contributed by atoms with E-state index < -0.39 is 0 Å². The van der Waals surface area contributed by atoms with E-state index in [1.54, 1.807) is 7.11 Å². The standard InChI is InChI=1S/C16H25NO2/c1-3-17-12-16(8-5-9-19-13-16)11-14-6-4-7-15(10-14)18-2/h4,6-7,10,17H,3,5,8-9,11-13H2,1-2H3. The molecular formula is C16H25NO2. The van der Waals surface area contributed by atoms with E-state index in [1.165, 1.54) is 12.0 Å². The Kier molecular flexibility index (Phi) is 5.23. The summed E-state index contributed by atoms with van der Waals surface area (Å²) >= 11 is 0. The molecule has 1 aromatic rings. The summed E-state index contributed by atoms with van der Waals surface area (Å²) in [4.78, 5) is 0. The second-order valence-electron chi connectivity index (χ2n) is 5.46. The van der Waals surface area contributed by atoms with Crippen LogP contribution in [0.3, 0.4) is 0 Å². The Morgan fingerprint density at radius 2 is 2.32 bits per heavy atom. The van der Waals surface area contributed by atoms with Gasteiger partial charge >= 0.3 is 0 Å². The molecule has 106 valence electrons. The van der Waals surface area contributed by atoms with E-state index in [9.17, 15) is 0 Å². The summed E-state index contributed by atoms with van der Waals surface area (Å²) in [5, 5.41) is 3.50. The molecule has 0 spiro atoms. The van der Waals surface area contributed by atoms with Gasteiger partial charge in [0.25, 0.3) is 0 Å². The van der Waals surface area contributed by atoms with Gasteiger partial charge in [-0.15, -0.1) is 0 Å². The minimum atomic E-state index is 0.237. The first kappa shape index (κ1) is 14.4. The highest BCUT2D eigenvalue weighted by Crippen LogP contribution is 2.32. The molecule has 19 heavy (non-hydrogen) atoms. The smallest absolute Gasteiger partial charge is 0.119 e. The lowest BCUT2D eigenvalue weighted by molar-refractivity contribution is -0.00692.